The van der Waals surface area contributed by atoms with E-state index in [0.717, 1.165) is 22.3 Å². The summed E-state index contributed by atoms with van der Waals surface area (Å²) >= 11 is 0. The molecule has 0 saturated heterocycles. The molecule has 2 rings (SSSR count). The van der Waals surface area contributed by atoms with Gasteiger partial charge >= 0.3 is 0 Å². The van der Waals surface area contributed by atoms with Crippen LogP contribution in [0.1, 0.15) is 27.0 Å². The predicted octanol–water partition coefficient (Wildman–Crippen LogP) is 2.18. The van der Waals surface area contributed by atoms with Crippen molar-refractivity contribution < 1.29 is 4.79 Å². The summed E-state index contributed by atoms with van der Waals surface area (Å²) in [6.45, 7) is 3.85. The highest BCUT2D eigenvalue weighted by Gasteiger charge is 2.33. The Balaban J connectivity index is 2.63. The Kier molecular flexibility index (Phi) is 1.95. The zero-order chi connectivity index (χ0) is 10.3. The highest BCUT2D eigenvalue weighted by molar-refractivity contribution is 6.06. The molecule has 0 radical (unpaired) electrons. The van der Waals surface area contributed by atoms with Gasteiger partial charge in [0.2, 0.25) is 0 Å². The number of hydrogen-bond acceptors (Lipinski definition) is 3. The molecule has 0 amide bonds. The number of rotatable bonds is 1. The van der Waals surface area contributed by atoms with E-state index < -0.39 is 6.04 Å². The summed E-state index contributed by atoms with van der Waals surface area (Å²) in [5.74, 6) is -0.115. The number of Topliss-reactive ketones (excluding diaryl/α,β-unsaturated/α-hetero) is 1. The Morgan fingerprint density at radius 1 is 1.29 bits per heavy atom. The van der Waals surface area contributed by atoms with E-state index in [9.17, 15) is 9.70 Å². The maximum Gasteiger partial charge on any atom is 0.191 e. The minimum atomic E-state index is -0.690. The molecule has 3 nitrogen and oxygen atoms in total. The largest absolute Gasteiger partial charge is 0.292 e. The number of nitroso groups, excluding NO2 is 1. The first kappa shape index (κ1) is 9.06. The normalized spacial score (nSPS) is 19.6. The van der Waals surface area contributed by atoms with Crippen molar-refractivity contribution in [2.45, 2.75) is 26.3 Å². The molecule has 0 aliphatic heterocycles. The summed E-state index contributed by atoms with van der Waals surface area (Å²) in [6.07, 6.45) is 0.477. The number of hydrogen-bond donors (Lipinski definition) is 0. The quantitative estimate of drug-likeness (QED) is 0.635. The minimum absolute atomic E-state index is 0.115. The lowest BCUT2D eigenvalue weighted by Crippen LogP contribution is -2.12. The van der Waals surface area contributed by atoms with E-state index in [1.807, 2.05) is 26.0 Å². The maximum atomic E-state index is 11.7. The second-order valence-electron chi connectivity index (χ2n) is 3.74. The molecule has 0 bridgehead atoms. The fraction of sp³-hybridized carbons (Fsp3) is 0.364. The summed E-state index contributed by atoms with van der Waals surface area (Å²) in [4.78, 5) is 22.1. The van der Waals surface area contributed by atoms with Crippen LogP contribution in [0.25, 0.3) is 0 Å². The molecule has 0 N–H and O–H groups in total. The van der Waals surface area contributed by atoms with Gasteiger partial charge in [0.15, 0.2) is 11.8 Å². The first-order chi connectivity index (χ1) is 6.65. The van der Waals surface area contributed by atoms with Gasteiger partial charge in [-0.25, -0.2) is 0 Å². The predicted molar refractivity (Wildman–Crippen MR) is 53.5 cm³/mol. The van der Waals surface area contributed by atoms with Crippen molar-refractivity contribution in [1.82, 2.24) is 0 Å². The van der Waals surface area contributed by atoms with Crippen LogP contribution in [0.2, 0.25) is 0 Å². The smallest absolute Gasteiger partial charge is 0.191 e. The molecule has 0 spiro atoms. The Morgan fingerprint density at radius 2 is 1.93 bits per heavy atom. The first-order valence-electron chi connectivity index (χ1n) is 4.61. The summed E-state index contributed by atoms with van der Waals surface area (Å²) < 4.78 is 0. The van der Waals surface area contributed by atoms with E-state index in [-0.39, 0.29) is 5.78 Å². The molecule has 1 aliphatic carbocycles. The van der Waals surface area contributed by atoms with Gasteiger partial charge in [-0.3, -0.25) is 4.79 Å². The van der Waals surface area contributed by atoms with Crippen LogP contribution in [0.5, 0.6) is 0 Å². The molecular weight excluding hydrogens is 178 g/mol. The molecule has 1 aromatic rings. The summed E-state index contributed by atoms with van der Waals surface area (Å²) in [5, 5.41) is 2.87. The van der Waals surface area contributed by atoms with Gasteiger partial charge in [0.05, 0.1) is 0 Å². The van der Waals surface area contributed by atoms with Crippen LogP contribution in [0.15, 0.2) is 17.3 Å². The van der Waals surface area contributed by atoms with Gasteiger partial charge in [-0.2, -0.15) is 4.91 Å². The van der Waals surface area contributed by atoms with Crippen molar-refractivity contribution >= 4 is 5.78 Å². The number of carbonyl (C=O) groups excluding carboxylic acids is 1. The van der Waals surface area contributed by atoms with Crippen LogP contribution >= 0.6 is 0 Å². The highest BCUT2D eigenvalue weighted by Crippen LogP contribution is 2.29. The third-order valence-electron chi connectivity index (χ3n) is 2.83. The average Bonchev–Trinajstić information content (AvgIpc) is 2.51. The fourth-order valence-electron chi connectivity index (χ4n) is 2.01. The van der Waals surface area contributed by atoms with Crippen LogP contribution in [0.4, 0.5) is 0 Å². The molecule has 3 heteroatoms. The van der Waals surface area contributed by atoms with E-state index in [2.05, 4.69) is 5.18 Å². The third-order valence-corrected chi connectivity index (χ3v) is 2.83. The molecule has 0 heterocycles. The molecule has 0 fully saturated rings. The topological polar surface area (TPSA) is 46.5 Å². The van der Waals surface area contributed by atoms with Crippen molar-refractivity contribution in [2.24, 2.45) is 5.18 Å². The first-order valence-corrected chi connectivity index (χ1v) is 4.61. The SMILES string of the molecule is Cc1ccc(C)c2c1CC(N=O)C2=O. The molecular formula is C11H11NO2. The van der Waals surface area contributed by atoms with Gasteiger partial charge in [0.1, 0.15) is 0 Å². The Labute approximate surface area is 82.1 Å². The van der Waals surface area contributed by atoms with Gasteiger partial charge in [0.25, 0.3) is 0 Å². The van der Waals surface area contributed by atoms with Crippen LogP contribution in [0, 0.1) is 18.8 Å². The van der Waals surface area contributed by atoms with Gasteiger partial charge in [-0.05, 0) is 30.5 Å². The number of benzene rings is 1. The maximum absolute atomic E-state index is 11.7. The van der Waals surface area contributed by atoms with E-state index in [1.165, 1.54) is 0 Å². The second-order valence-corrected chi connectivity index (χ2v) is 3.74. The van der Waals surface area contributed by atoms with E-state index in [0.29, 0.717) is 6.42 Å². The summed E-state index contributed by atoms with van der Waals surface area (Å²) in [7, 11) is 0. The van der Waals surface area contributed by atoms with Crippen molar-refractivity contribution in [3.8, 4) is 0 Å². The standard InChI is InChI=1S/C11H11NO2/c1-6-3-4-7(2)10-8(6)5-9(12-14)11(10)13/h3-4,9H,5H2,1-2H3. The van der Waals surface area contributed by atoms with Crippen LogP contribution in [-0.4, -0.2) is 11.8 Å². The zero-order valence-electron chi connectivity index (χ0n) is 8.20. The lowest BCUT2D eigenvalue weighted by molar-refractivity contribution is 0.0974. The van der Waals surface area contributed by atoms with E-state index >= 15 is 0 Å². The number of ketones is 1. The fourth-order valence-corrected chi connectivity index (χ4v) is 2.01. The van der Waals surface area contributed by atoms with Gasteiger partial charge in [-0.1, -0.05) is 17.3 Å². The molecule has 1 atom stereocenters. The number of carbonyl (C=O) groups is 1. The molecule has 0 saturated carbocycles. The lowest BCUT2D eigenvalue weighted by atomic mass is 10.00. The minimum Gasteiger partial charge on any atom is -0.292 e. The molecule has 0 aromatic heterocycles. The van der Waals surface area contributed by atoms with Crippen LogP contribution < -0.4 is 0 Å². The average molecular weight is 189 g/mol. The third kappa shape index (κ3) is 1.09. The lowest BCUT2D eigenvalue weighted by Gasteiger charge is -2.04. The zero-order valence-corrected chi connectivity index (χ0v) is 8.20. The molecule has 1 aliphatic rings. The van der Waals surface area contributed by atoms with E-state index in [1.54, 1.807) is 0 Å². The van der Waals surface area contributed by atoms with Gasteiger partial charge < -0.3 is 0 Å². The highest BCUT2D eigenvalue weighted by atomic mass is 16.3. The van der Waals surface area contributed by atoms with Crippen molar-refractivity contribution in [3.05, 3.63) is 39.3 Å². The van der Waals surface area contributed by atoms with Crippen LogP contribution in [-0.2, 0) is 6.42 Å². The molecule has 1 aromatic carbocycles. The van der Waals surface area contributed by atoms with Crippen LogP contribution in [0.3, 0.4) is 0 Å². The number of aryl methyl sites for hydroxylation is 2. The molecule has 72 valence electrons. The van der Waals surface area contributed by atoms with Gasteiger partial charge in [0, 0.05) is 12.0 Å². The summed E-state index contributed by atoms with van der Waals surface area (Å²) in [5.41, 5.74) is 3.74. The summed E-state index contributed by atoms with van der Waals surface area (Å²) in [6, 6.07) is 3.21. The van der Waals surface area contributed by atoms with Crippen molar-refractivity contribution in [2.75, 3.05) is 0 Å². The molecule has 1 unspecified atom stereocenters. The Bertz CT molecular complexity index is 424. The Hall–Kier alpha value is -1.51. The number of fused-ring (bicyclic) bond motifs is 1. The second kappa shape index (κ2) is 3.01. The van der Waals surface area contributed by atoms with Crippen molar-refractivity contribution in [3.63, 3.8) is 0 Å². The van der Waals surface area contributed by atoms with Gasteiger partial charge in [-0.15, -0.1) is 0 Å². The monoisotopic (exact) mass is 189 g/mol. The number of nitrogens with zero attached hydrogens (tertiary/aromatic N) is 1. The van der Waals surface area contributed by atoms with E-state index in [4.69, 9.17) is 0 Å². The van der Waals surface area contributed by atoms with Crippen molar-refractivity contribution in [1.29, 1.82) is 0 Å². The molecule has 14 heavy (non-hydrogen) atoms. The Morgan fingerprint density at radius 3 is 2.50 bits per heavy atom.